The van der Waals surface area contributed by atoms with E-state index in [1.54, 1.807) is 6.20 Å². The number of hydrogen-bond acceptors (Lipinski definition) is 4. The summed E-state index contributed by atoms with van der Waals surface area (Å²) in [6, 6.07) is 10.2. The van der Waals surface area contributed by atoms with Gasteiger partial charge in [0, 0.05) is 25.0 Å². The zero-order valence-corrected chi connectivity index (χ0v) is 12.3. The van der Waals surface area contributed by atoms with E-state index in [0.717, 1.165) is 29.0 Å². The van der Waals surface area contributed by atoms with Gasteiger partial charge in [0.15, 0.2) is 0 Å². The highest BCUT2D eigenvalue weighted by atomic mass is 15.3. The van der Waals surface area contributed by atoms with Crippen molar-refractivity contribution in [3.05, 3.63) is 54.1 Å². The minimum absolute atomic E-state index is 0.317. The second kappa shape index (κ2) is 6.01. The van der Waals surface area contributed by atoms with Crippen molar-refractivity contribution in [3.8, 4) is 0 Å². The first kappa shape index (κ1) is 13.7. The predicted octanol–water partition coefficient (Wildman–Crippen LogP) is 2.31. The minimum atomic E-state index is 0.317. The molecule has 5 heteroatoms. The van der Waals surface area contributed by atoms with Crippen LogP contribution in [0.5, 0.6) is 0 Å². The molecule has 0 aliphatic heterocycles. The van der Waals surface area contributed by atoms with Crippen molar-refractivity contribution in [2.24, 2.45) is 0 Å². The lowest BCUT2D eigenvalue weighted by molar-refractivity contribution is 0.448. The summed E-state index contributed by atoms with van der Waals surface area (Å²) < 4.78 is 1.93. The van der Waals surface area contributed by atoms with Crippen LogP contribution in [-0.4, -0.2) is 25.8 Å². The molecule has 3 rings (SSSR count). The summed E-state index contributed by atoms with van der Waals surface area (Å²) in [6.45, 7) is 5.71. The Morgan fingerprint density at radius 2 is 1.90 bits per heavy atom. The highest BCUT2D eigenvalue weighted by Gasteiger charge is 2.07. The summed E-state index contributed by atoms with van der Waals surface area (Å²) in [5.74, 6) is 0. The monoisotopic (exact) mass is 281 g/mol. The van der Waals surface area contributed by atoms with Crippen LogP contribution in [0.1, 0.15) is 18.3 Å². The molecule has 0 saturated heterocycles. The van der Waals surface area contributed by atoms with Crippen molar-refractivity contribution in [2.45, 2.75) is 33.0 Å². The second-order valence-corrected chi connectivity index (χ2v) is 5.25. The van der Waals surface area contributed by atoms with Crippen molar-refractivity contribution >= 4 is 11.0 Å². The number of benzene rings is 1. The van der Waals surface area contributed by atoms with Gasteiger partial charge in [0.05, 0.1) is 29.0 Å². The molecule has 0 spiro atoms. The number of fused-ring (bicyclic) bond motifs is 1. The minimum Gasteiger partial charge on any atom is -0.307 e. The molecule has 0 amide bonds. The number of hydrogen-bond donors (Lipinski definition) is 1. The number of para-hydroxylation sites is 2. The highest BCUT2D eigenvalue weighted by Crippen LogP contribution is 2.12. The fourth-order valence-corrected chi connectivity index (χ4v) is 2.32. The third-order valence-electron chi connectivity index (χ3n) is 3.48. The maximum absolute atomic E-state index is 4.70. The van der Waals surface area contributed by atoms with Gasteiger partial charge in [0.1, 0.15) is 0 Å². The molecule has 2 heterocycles. The van der Waals surface area contributed by atoms with Crippen LogP contribution in [0.2, 0.25) is 0 Å². The molecular formula is C16H19N5. The summed E-state index contributed by atoms with van der Waals surface area (Å²) in [4.78, 5) is 9.31. The zero-order valence-electron chi connectivity index (χ0n) is 12.3. The predicted molar refractivity (Wildman–Crippen MR) is 82.8 cm³/mol. The molecule has 1 atom stereocenters. The quantitative estimate of drug-likeness (QED) is 0.779. The van der Waals surface area contributed by atoms with E-state index in [0.29, 0.717) is 12.6 Å². The molecule has 1 aromatic carbocycles. The van der Waals surface area contributed by atoms with Crippen LogP contribution >= 0.6 is 0 Å². The lowest BCUT2D eigenvalue weighted by Gasteiger charge is -2.14. The van der Waals surface area contributed by atoms with Gasteiger partial charge in [0.2, 0.25) is 0 Å². The number of aryl methyl sites for hydroxylation is 1. The summed E-state index contributed by atoms with van der Waals surface area (Å²) in [5, 5.41) is 7.70. The number of rotatable bonds is 5. The molecule has 108 valence electrons. The first-order valence-corrected chi connectivity index (χ1v) is 7.15. The molecule has 0 saturated carbocycles. The van der Waals surface area contributed by atoms with E-state index >= 15 is 0 Å². The third-order valence-corrected chi connectivity index (χ3v) is 3.48. The molecule has 2 aromatic heterocycles. The lowest BCUT2D eigenvalue weighted by Crippen LogP contribution is -2.30. The van der Waals surface area contributed by atoms with E-state index in [1.165, 1.54) is 0 Å². The largest absolute Gasteiger partial charge is 0.307 e. The standard InChI is InChI=1S/C16H19N5/c1-12(11-21-9-5-8-18-21)17-10-16-13(2)19-14-6-3-4-7-15(14)20-16/h3-9,12,17H,10-11H2,1-2H3/t12-/m0/s1. The first-order chi connectivity index (χ1) is 10.2. The Labute approximate surface area is 124 Å². The number of nitrogens with zero attached hydrogens (tertiary/aromatic N) is 4. The maximum atomic E-state index is 4.70. The SMILES string of the molecule is Cc1nc2ccccc2nc1CN[C@@H](C)Cn1cccn1. The highest BCUT2D eigenvalue weighted by molar-refractivity contribution is 5.74. The topological polar surface area (TPSA) is 55.6 Å². The molecule has 1 N–H and O–H groups in total. The van der Waals surface area contributed by atoms with Crippen molar-refractivity contribution in [1.82, 2.24) is 25.1 Å². The summed E-state index contributed by atoms with van der Waals surface area (Å²) in [7, 11) is 0. The van der Waals surface area contributed by atoms with Crippen LogP contribution < -0.4 is 5.32 Å². The van der Waals surface area contributed by atoms with Crippen LogP contribution in [0.25, 0.3) is 11.0 Å². The van der Waals surface area contributed by atoms with Crippen LogP contribution in [0.3, 0.4) is 0 Å². The fourth-order valence-electron chi connectivity index (χ4n) is 2.32. The van der Waals surface area contributed by atoms with Gasteiger partial charge in [-0.2, -0.15) is 5.10 Å². The Morgan fingerprint density at radius 1 is 1.14 bits per heavy atom. The molecule has 0 aliphatic carbocycles. The average molecular weight is 281 g/mol. The van der Waals surface area contributed by atoms with Crippen LogP contribution in [-0.2, 0) is 13.1 Å². The van der Waals surface area contributed by atoms with E-state index in [2.05, 4.69) is 22.3 Å². The average Bonchev–Trinajstić information content (AvgIpc) is 2.98. The molecule has 0 bridgehead atoms. The molecule has 21 heavy (non-hydrogen) atoms. The van der Waals surface area contributed by atoms with Crippen LogP contribution in [0, 0.1) is 6.92 Å². The van der Waals surface area contributed by atoms with Crippen LogP contribution in [0.15, 0.2) is 42.7 Å². The van der Waals surface area contributed by atoms with E-state index in [-0.39, 0.29) is 0 Å². The van der Waals surface area contributed by atoms with Crippen molar-refractivity contribution in [1.29, 1.82) is 0 Å². The summed E-state index contributed by atoms with van der Waals surface area (Å²) in [6.07, 6.45) is 3.77. The van der Waals surface area contributed by atoms with E-state index in [4.69, 9.17) is 4.98 Å². The van der Waals surface area contributed by atoms with E-state index in [9.17, 15) is 0 Å². The third kappa shape index (κ3) is 3.25. The molecular weight excluding hydrogens is 262 g/mol. The molecule has 3 aromatic rings. The second-order valence-electron chi connectivity index (χ2n) is 5.25. The Kier molecular flexibility index (Phi) is 3.92. The van der Waals surface area contributed by atoms with Crippen LogP contribution in [0.4, 0.5) is 0 Å². The van der Waals surface area contributed by atoms with Crippen molar-refractivity contribution < 1.29 is 0 Å². The van der Waals surface area contributed by atoms with Gasteiger partial charge in [-0.05, 0) is 32.0 Å². The molecule has 0 radical (unpaired) electrons. The van der Waals surface area contributed by atoms with Gasteiger partial charge in [-0.1, -0.05) is 12.1 Å². The number of nitrogens with one attached hydrogen (secondary N) is 1. The van der Waals surface area contributed by atoms with Gasteiger partial charge in [-0.3, -0.25) is 4.68 Å². The van der Waals surface area contributed by atoms with Gasteiger partial charge in [0.25, 0.3) is 0 Å². The van der Waals surface area contributed by atoms with E-state index < -0.39 is 0 Å². The Bertz CT molecular complexity index is 721. The maximum Gasteiger partial charge on any atom is 0.0890 e. The van der Waals surface area contributed by atoms with E-state index in [1.807, 2.05) is 48.1 Å². The lowest BCUT2D eigenvalue weighted by atomic mass is 10.2. The molecule has 0 fully saturated rings. The number of aromatic nitrogens is 4. The van der Waals surface area contributed by atoms with Crippen molar-refractivity contribution in [3.63, 3.8) is 0 Å². The van der Waals surface area contributed by atoms with Gasteiger partial charge in [-0.15, -0.1) is 0 Å². The molecule has 5 nitrogen and oxygen atoms in total. The Hall–Kier alpha value is -2.27. The summed E-state index contributed by atoms with van der Waals surface area (Å²) in [5.41, 5.74) is 3.87. The first-order valence-electron chi connectivity index (χ1n) is 7.15. The van der Waals surface area contributed by atoms with Gasteiger partial charge in [-0.25, -0.2) is 9.97 Å². The molecule has 0 unspecified atom stereocenters. The Balaban J connectivity index is 1.68. The fraction of sp³-hybridized carbons (Fsp3) is 0.312. The smallest absolute Gasteiger partial charge is 0.0890 e. The normalized spacial score (nSPS) is 12.7. The summed E-state index contributed by atoms with van der Waals surface area (Å²) >= 11 is 0. The zero-order chi connectivity index (χ0) is 14.7. The molecule has 0 aliphatic rings. The van der Waals surface area contributed by atoms with Gasteiger partial charge < -0.3 is 5.32 Å². The Morgan fingerprint density at radius 3 is 2.62 bits per heavy atom. The van der Waals surface area contributed by atoms with Gasteiger partial charge >= 0.3 is 0 Å². The van der Waals surface area contributed by atoms with Crippen molar-refractivity contribution in [2.75, 3.05) is 0 Å².